The van der Waals surface area contributed by atoms with E-state index < -0.39 is 32.4 Å². The van der Waals surface area contributed by atoms with Crippen molar-refractivity contribution in [2.75, 3.05) is 10.5 Å². The van der Waals surface area contributed by atoms with Crippen LogP contribution in [0.4, 0.5) is 24.5 Å². The third-order valence-corrected chi connectivity index (χ3v) is 3.82. The number of nitrogens with two attached hydrogens (primary N) is 1. The van der Waals surface area contributed by atoms with Gasteiger partial charge in [0.2, 0.25) is 0 Å². The van der Waals surface area contributed by atoms with Gasteiger partial charge in [0.15, 0.2) is 0 Å². The molecular weight excluding hydrogens is 293 g/mol. The van der Waals surface area contributed by atoms with Crippen LogP contribution in [0.1, 0.15) is 0 Å². The Morgan fingerprint density at radius 3 is 2.20 bits per heavy atom. The quantitative estimate of drug-likeness (QED) is 0.856. The van der Waals surface area contributed by atoms with Gasteiger partial charge in [-0.15, -0.1) is 0 Å². The van der Waals surface area contributed by atoms with Gasteiger partial charge in [-0.1, -0.05) is 0 Å². The van der Waals surface area contributed by atoms with Gasteiger partial charge in [-0.3, -0.25) is 4.72 Å². The molecule has 0 heterocycles. The highest BCUT2D eigenvalue weighted by Crippen LogP contribution is 2.24. The second kappa shape index (κ2) is 5.04. The first kappa shape index (κ1) is 14.2. The molecule has 0 fully saturated rings. The van der Waals surface area contributed by atoms with Crippen LogP contribution in [0.25, 0.3) is 0 Å². The Bertz CT molecular complexity index is 763. The lowest BCUT2D eigenvalue weighted by Gasteiger charge is -2.11. The average Bonchev–Trinajstić information content (AvgIpc) is 2.35. The van der Waals surface area contributed by atoms with Gasteiger partial charge in [0.05, 0.1) is 11.4 Å². The van der Waals surface area contributed by atoms with Crippen LogP contribution in [-0.2, 0) is 10.0 Å². The number of benzene rings is 2. The molecule has 0 aliphatic carbocycles. The molecule has 0 spiro atoms. The molecule has 0 aromatic heterocycles. The molecule has 0 saturated carbocycles. The SMILES string of the molecule is Nc1cc(F)ccc1NS(=O)(=O)c1cc(F)ccc1F. The number of nitrogen functional groups attached to an aromatic ring is 1. The zero-order valence-corrected chi connectivity index (χ0v) is 10.7. The van der Waals surface area contributed by atoms with E-state index in [4.69, 9.17) is 5.73 Å². The molecule has 0 unspecified atom stereocenters. The van der Waals surface area contributed by atoms with Crippen LogP contribution in [0.15, 0.2) is 41.3 Å². The van der Waals surface area contributed by atoms with E-state index in [2.05, 4.69) is 0 Å². The molecule has 0 atom stereocenters. The van der Waals surface area contributed by atoms with E-state index in [0.717, 1.165) is 24.3 Å². The fourth-order valence-electron chi connectivity index (χ4n) is 1.51. The molecule has 0 saturated heterocycles. The number of hydrogen-bond acceptors (Lipinski definition) is 3. The second-order valence-corrected chi connectivity index (χ2v) is 5.56. The molecule has 0 aliphatic rings. The van der Waals surface area contributed by atoms with Crippen LogP contribution in [0.3, 0.4) is 0 Å². The van der Waals surface area contributed by atoms with Crippen molar-refractivity contribution in [3.05, 3.63) is 53.8 Å². The molecule has 8 heteroatoms. The maximum absolute atomic E-state index is 13.5. The Morgan fingerprint density at radius 1 is 0.950 bits per heavy atom. The minimum Gasteiger partial charge on any atom is -0.397 e. The van der Waals surface area contributed by atoms with Crippen molar-refractivity contribution in [3.63, 3.8) is 0 Å². The lowest BCUT2D eigenvalue weighted by Crippen LogP contribution is -2.16. The van der Waals surface area contributed by atoms with Crippen molar-refractivity contribution in [1.82, 2.24) is 0 Å². The number of halogens is 3. The van der Waals surface area contributed by atoms with Crippen molar-refractivity contribution in [1.29, 1.82) is 0 Å². The van der Waals surface area contributed by atoms with Crippen LogP contribution in [0.2, 0.25) is 0 Å². The predicted molar refractivity (Wildman–Crippen MR) is 68.0 cm³/mol. The van der Waals surface area contributed by atoms with Crippen LogP contribution in [0.5, 0.6) is 0 Å². The van der Waals surface area contributed by atoms with Crippen LogP contribution in [0, 0.1) is 17.5 Å². The molecule has 0 amide bonds. The minimum absolute atomic E-state index is 0.130. The molecule has 0 radical (unpaired) electrons. The van der Waals surface area contributed by atoms with Gasteiger partial charge in [-0.2, -0.15) is 0 Å². The van der Waals surface area contributed by atoms with Gasteiger partial charge in [-0.25, -0.2) is 21.6 Å². The largest absolute Gasteiger partial charge is 0.397 e. The Balaban J connectivity index is 2.43. The Morgan fingerprint density at radius 2 is 1.55 bits per heavy atom. The van der Waals surface area contributed by atoms with Gasteiger partial charge in [-0.05, 0) is 36.4 Å². The standard InChI is InChI=1S/C12H9F3N2O2S/c13-7-2-4-11(10(16)5-7)17-20(18,19)12-6-8(14)1-3-9(12)15/h1-6,17H,16H2. The summed E-state index contributed by atoms with van der Waals surface area (Å²) in [5.74, 6) is -2.67. The summed E-state index contributed by atoms with van der Waals surface area (Å²) in [6.07, 6.45) is 0. The number of sulfonamides is 1. The molecule has 0 aliphatic heterocycles. The molecular formula is C12H9F3N2O2S. The monoisotopic (exact) mass is 302 g/mol. The lowest BCUT2D eigenvalue weighted by molar-refractivity contribution is 0.555. The molecule has 2 rings (SSSR count). The number of hydrogen-bond donors (Lipinski definition) is 2. The van der Waals surface area contributed by atoms with Crippen molar-refractivity contribution < 1.29 is 21.6 Å². The zero-order chi connectivity index (χ0) is 14.9. The van der Waals surface area contributed by atoms with Crippen LogP contribution in [-0.4, -0.2) is 8.42 Å². The number of nitrogens with one attached hydrogen (secondary N) is 1. The lowest BCUT2D eigenvalue weighted by atomic mass is 10.3. The van der Waals surface area contributed by atoms with Crippen molar-refractivity contribution >= 4 is 21.4 Å². The van der Waals surface area contributed by atoms with E-state index in [1.54, 1.807) is 0 Å². The molecule has 2 aromatic carbocycles. The second-order valence-electron chi connectivity index (χ2n) is 3.91. The Kier molecular flexibility index (Phi) is 3.58. The van der Waals surface area contributed by atoms with Crippen LogP contribution >= 0.6 is 0 Å². The Labute approximate surface area is 113 Å². The van der Waals surface area contributed by atoms with Gasteiger partial charge in [0.25, 0.3) is 10.0 Å². The van der Waals surface area contributed by atoms with Gasteiger partial charge >= 0.3 is 0 Å². The summed E-state index contributed by atoms with van der Waals surface area (Å²) in [5, 5.41) is 0. The predicted octanol–water partition coefficient (Wildman–Crippen LogP) is 2.49. The summed E-state index contributed by atoms with van der Waals surface area (Å²) in [7, 11) is -4.37. The molecule has 0 bridgehead atoms. The fraction of sp³-hybridized carbons (Fsp3) is 0. The van der Waals surface area contributed by atoms with Gasteiger partial charge < -0.3 is 5.73 Å². The molecule has 3 N–H and O–H groups in total. The van der Waals surface area contributed by atoms with E-state index >= 15 is 0 Å². The molecule has 106 valence electrons. The summed E-state index contributed by atoms with van der Waals surface area (Å²) in [6, 6.07) is 4.99. The third kappa shape index (κ3) is 2.85. The number of anilines is 2. The summed E-state index contributed by atoms with van der Waals surface area (Å²) in [5.41, 5.74) is 5.13. The first-order valence-electron chi connectivity index (χ1n) is 5.32. The van der Waals surface area contributed by atoms with E-state index in [-0.39, 0.29) is 11.4 Å². The van der Waals surface area contributed by atoms with Gasteiger partial charge in [0.1, 0.15) is 22.3 Å². The maximum Gasteiger partial charge on any atom is 0.264 e. The van der Waals surface area contributed by atoms with Crippen molar-refractivity contribution in [2.24, 2.45) is 0 Å². The van der Waals surface area contributed by atoms with E-state index in [9.17, 15) is 21.6 Å². The van der Waals surface area contributed by atoms with E-state index in [0.29, 0.717) is 12.1 Å². The minimum atomic E-state index is -4.37. The van der Waals surface area contributed by atoms with E-state index in [1.807, 2.05) is 4.72 Å². The smallest absolute Gasteiger partial charge is 0.264 e. The Hall–Kier alpha value is -2.22. The summed E-state index contributed by atoms with van der Waals surface area (Å²) in [6.45, 7) is 0. The number of rotatable bonds is 3. The highest BCUT2D eigenvalue weighted by molar-refractivity contribution is 7.92. The summed E-state index contributed by atoms with van der Waals surface area (Å²) < 4.78 is 65.2. The topological polar surface area (TPSA) is 72.2 Å². The van der Waals surface area contributed by atoms with E-state index in [1.165, 1.54) is 0 Å². The van der Waals surface area contributed by atoms with Crippen molar-refractivity contribution in [2.45, 2.75) is 4.90 Å². The highest BCUT2D eigenvalue weighted by atomic mass is 32.2. The normalized spacial score (nSPS) is 11.3. The summed E-state index contributed by atoms with van der Waals surface area (Å²) in [4.78, 5) is -0.860. The van der Waals surface area contributed by atoms with Crippen LogP contribution < -0.4 is 10.5 Å². The molecule has 20 heavy (non-hydrogen) atoms. The van der Waals surface area contributed by atoms with Crippen molar-refractivity contribution in [3.8, 4) is 0 Å². The zero-order valence-electron chi connectivity index (χ0n) is 9.90. The fourth-order valence-corrected chi connectivity index (χ4v) is 2.69. The average molecular weight is 302 g/mol. The van der Waals surface area contributed by atoms with Gasteiger partial charge in [0, 0.05) is 0 Å². The molecule has 4 nitrogen and oxygen atoms in total. The first-order chi connectivity index (χ1) is 9.29. The first-order valence-corrected chi connectivity index (χ1v) is 6.81. The molecule has 2 aromatic rings. The third-order valence-electron chi connectivity index (χ3n) is 2.44. The highest BCUT2D eigenvalue weighted by Gasteiger charge is 2.21. The summed E-state index contributed by atoms with van der Waals surface area (Å²) >= 11 is 0. The maximum atomic E-state index is 13.5.